The lowest BCUT2D eigenvalue weighted by atomic mass is 10.0. The number of anilines is 1. The van der Waals surface area contributed by atoms with Gasteiger partial charge in [0.15, 0.2) is 0 Å². The van der Waals surface area contributed by atoms with Gasteiger partial charge >= 0.3 is 0 Å². The second-order valence-corrected chi connectivity index (χ2v) is 4.86. The van der Waals surface area contributed by atoms with Crippen molar-refractivity contribution in [3.05, 3.63) is 53.1 Å². The second-order valence-electron chi connectivity index (χ2n) is 4.86. The Morgan fingerprint density at radius 3 is 2.16 bits per heavy atom. The minimum atomic E-state index is -1.69. The Kier molecular flexibility index (Phi) is 5.23. The predicted octanol–water partition coefficient (Wildman–Crippen LogP) is -0.317. The summed E-state index contributed by atoms with van der Waals surface area (Å²) in [7, 11) is 2.85. The van der Waals surface area contributed by atoms with Crippen LogP contribution < -0.4 is 25.0 Å². The van der Waals surface area contributed by atoms with Crippen LogP contribution in [0.15, 0.2) is 36.4 Å². The summed E-state index contributed by atoms with van der Waals surface area (Å²) in [4.78, 5) is 34.5. The van der Waals surface area contributed by atoms with Crippen LogP contribution >= 0.6 is 0 Å². The molecule has 0 aliphatic rings. The molecule has 1 N–H and O–H groups in total. The summed E-state index contributed by atoms with van der Waals surface area (Å²) in [6.45, 7) is 0. The molecule has 0 atom stereocenters. The van der Waals surface area contributed by atoms with Gasteiger partial charge in [0.1, 0.15) is 11.5 Å². The number of carboxylic acid groups (broad SMARTS) is 2. The largest absolute Gasteiger partial charge is 0.545 e. The zero-order chi connectivity index (χ0) is 18.6. The summed E-state index contributed by atoms with van der Waals surface area (Å²) in [6, 6.07) is 7.62. The first-order valence-electron chi connectivity index (χ1n) is 6.97. The fourth-order valence-electron chi connectivity index (χ4n) is 2.14. The van der Waals surface area contributed by atoms with E-state index in [-0.39, 0.29) is 16.8 Å². The summed E-state index contributed by atoms with van der Waals surface area (Å²) in [5.41, 5.74) is -0.967. The van der Waals surface area contributed by atoms with E-state index >= 15 is 0 Å². The topological polar surface area (TPSA) is 128 Å². The third-order valence-electron chi connectivity index (χ3n) is 3.37. The molecule has 0 bridgehead atoms. The van der Waals surface area contributed by atoms with Crippen LogP contribution in [-0.4, -0.2) is 32.1 Å². The fraction of sp³-hybridized carbons (Fsp3) is 0.118. The lowest BCUT2D eigenvalue weighted by Crippen LogP contribution is -2.28. The van der Waals surface area contributed by atoms with Crippen LogP contribution in [0.3, 0.4) is 0 Å². The number of methoxy groups -OCH3 is 2. The lowest BCUT2D eigenvalue weighted by molar-refractivity contribution is -0.255. The number of rotatable bonds is 6. The van der Waals surface area contributed by atoms with Gasteiger partial charge in [-0.2, -0.15) is 0 Å². The quantitative estimate of drug-likeness (QED) is 0.761. The van der Waals surface area contributed by atoms with Crippen molar-refractivity contribution in [3.8, 4) is 11.5 Å². The second kappa shape index (κ2) is 7.35. The van der Waals surface area contributed by atoms with Crippen molar-refractivity contribution in [1.29, 1.82) is 0 Å². The SMILES string of the molecule is COc1ccc(OC)c(NC(=O)c2ccc(C(=O)[O-])cc2C(=O)[O-])c1. The average molecular weight is 343 g/mol. The molecular formula is C17H13NO7-2. The number of carboxylic acids is 2. The Labute approximate surface area is 142 Å². The Morgan fingerprint density at radius 1 is 0.880 bits per heavy atom. The molecule has 0 aromatic heterocycles. The van der Waals surface area contributed by atoms with Crippen LogP contribution in [-0.2, 0) is 0 Å². The van der Waals surface area contributed by atoms with E-state index in [0.29, 0.717) is 11.5 Å². The molecule has 0 unspecified atom stereocenters. The maximum Gasteiger partial charge on any atom is 0.256 e. The maximum atomic E-state index is 12.4. The molecule has 0 saturated heterocycles. The number of hydrogen-bond acceptors (Lipinski definition) is 7. The summed E-state index contributed by atoms with van der Waals surface area (Å²) in [5, 5.41) is 24.6. The van der Waals surface area contributed by atoms with Crippen molar-refractivity contribution in [3.63, 3.8) is 0 Å². The Bertz CT molecular complexity index is 845. The zero-order valence-electron chi connectivity index (χ0n) is 13.3. The van der Waals surface area contributed by atoms with Crippen LogP contribution in [0.1, 0.15) is 31.1 Å². The molecule has 2 aromatic rings. The van der Waals surface area contributed by atoms with Crippen LogP contribution in [0.4, 0.5) is 5.69 Å². The van der Waals surface area contributed by atoms with Crippen LogP contribution in [0, 0.1) is 0 Å². The van der Waals surface area contributed by atoms with E-state index in [4.69, 9.17) is 9.47 Å². The van der Waals surface area contributed by atoms with Crippen molar-refractivity contribution >= 4 is 23.5 Å². The maximum absolute atomic E-state index is 12.4. The van der Waals surface area contributed by atoms with E-state index in [1.807, 2.05) is 0 Å². The summed E-state index contributed by atoms with van der Waals surface area (Å²) < 4.78 is 10.2. The van der Waals surface area contributed by atoms with Crippen molar-refractivity contribution in [2.75, 3.05) is 19.5 Å². The van der Waals surface area contributed by atoms with Crippen molar-refractivity contribution in [1.82, 2.24) is 0 Å². The molecule has 0 saturated carbocycles. The smallest absolute Gasteiger partial charge is 0.256 e. The number of carbonyl (C=O) groups is 3. The first-order chi connectivity index (χ1) is 11.9. The highest BCUT2D eigenvalue weighted by molar-refractivity contribution is 6.11. The van der Waals surface area contributed by atoms with Crippen molar-refractivity contribution in [2.24, 2.45) is 0 Å². The number of aromatic carboxylic acids is 2. The number of hydrogen-bond donors (Lipinski definition) is 1. The molecule has 0 spiro atoms. The van der Waals surface area contributed by atoms with E-state index in [1.54, 1.807) is 12.1 Å². The molecular weight excluding hydrogens is 330 g/mol. The van der Waals surface area contributed by atoms with Crippen LogP contribution in [0.5, 0.6) is 11.5 Å². The molecule has 0 radical (unpaired) electrons. The van der Waals surface area contributed by atoms with Gasteiger partial charge in [0.2, 0.25) is 0 Å². The molecule has 1 amide bonds. The molecule has 0 aliphatic carbocycles. The van der Waals surface area contributed by atoms with Gasteiger partial charge in [-0.05, 0) is 29.8 Å². The Morgan fingerprint density at radius 2 is 1.60 bits per heavy atom. The third kappa shape index (κ3) is 3.86. The number of ether oxygens (including phenoxy) is 2. The molecule has 8 heteroatoms. The van der Waals surface area contributed by atoms with Gasteiger partial charge in [-0.3, -0.25) is 4.79 Å². The molecule has 2 rings (SSSR count). The average Bonchev–Trinajstić information content (AvgIpc) is 2.60. The van der Waals surface area contributed by atoms with E-state index in [0.717, 1.165) is 18.2 Å². The highest BCUT2D eigenvalue weighted by Gasteiger charge is 2.16. The summed E-state index contributed by atoms with van der Waals surface area (Å²) in [5.74, 6) is -3.26. The number of benzene rings is 2. The van der Waals surface area contributed by atoms with Gasteiger partial charge in [0.05, 0.1) is 31.8 Å². The number of amides is 1. The van der Waals surface area contributed by atoms with Gasteiger partial charge in [0, 0.05) is 17.2 Å². The summed E-state index contributed by atoms with van der Waals surface area (Å²) >= 11 is 0. The zero-order valence-corrected chi connectivity index (χ0v) is 13.3. The number of carbonyl (C=O) groups excluding carboxylic acids is 3. The first-order valence-corrected chi connectivity index (χ1v) is 6.97. The molecule has 0 fully saturated rings. The van der Waals surface area contributed by atoms with Gasteiger partial charge in [-0.25, -0.2) is 0 Å². The van der Waals surface area contributed by atoms with Gasteiger partial charge < -0.3 is 34.6 Å². The molecule has 2 aromatic carbocycles. The Hall–Kier alpha value is -3.55. The molecule has 0 aliphatic heterocycles. The van der Waals surface area contributed by atoms with Gasteiger partial charge in [0.25, 0.3) is 5.91 Å². The van der Waals surface area contributed by atoms with E-state index < -0.39 is 23.4 Å². The highest BCUT2D eigenvalue weighted by atomic mass is 16.5. The van der Waals surface area contributed by atoms with Gasteiger partial charge in [-0.1, -0.05) is 6.07 Å². The fourth-order valence-corrected chi connectivity index (χ4v) is 2.14. The highest BCUT2D eigenvalue weighted by Crippen LogP contribution is 2.29. The Balaban J connectivity index is 2.42. The van der Waals surface area contributed by atoms with E-state index in [1.165, 1.54) is 20.3 Å². The molecule has 130 valence electrons. The van der Waals surface area contributed by atoms with Gasteiger partial charge in [-0.15, -0.1) is 0 Å². The molecule has 8 nitrogen and oxygen atoms in total. The minimum Gasteiger partial charge on any atom is -0.545 e. The molecule has 25 heavy (non-hydrogen) atoms. The van der Waals surface area contributed by atoms with Crippen molar-refractivity contribution in [2.45, 2.75) is 0 Å². The molecule has 0 heterocycles. The van der Waals surface area contributed by atoms with E-state index in [2.05, 4.69) is 5.32 Å². The van der Waals surface area contributed by atoms with Crippen LogP contribution in [0.25, 0.3) is 0 Å². The minimum absolute atomic E-state index is 0.250. The normalized spacial score (nSPS) is 10.0. The standard InChI is InChI=1S/C17H15NO7/c1-24-10-4-6-14(25-2)13(8-10)18-15(19)11-5-3-9(16(20)21)7-12(11)17(22)23/h3-8H,1-2H3,(H,18,19)(H,20,21)(H,22,23)/p-2. The predicted molar refractivity (Wildman–Crippen MR) is 82.6 cm³/mol. The van der Waals surface area contributed by atoms with E-state index in [9.17, 15) is 24.6 Å². The lowest BCUT2D eigenvalue weighted by Gasteiger charge is -2.15. The third-order valence-corrected chi connectivity index (χ3v) is 3.37. The summed E-state index contributed by atoms with van der Waals surface area (Å²) in [6.07, 6.45) is 0. The monoisotopic (exact) mass is 343 g/mol. The number of nitrogens with one attached hydrogen (secondary N) is 1. The van der Waals surface area contributed by atoms with Crippen molar-refractivity contribution < 1.29 is 34.1 Å². The first kappa shape index (κ1) is 17.8. The van der Waals surface area contributed by atoms with Crippen LogP contribution in [0.2, 0.25) is 0 Å².